The van der Waals surface area contributed by atoms with Gasteiger partial charge < -0.3 is 14.4 Å². The minimum atomic E-state index is 0.283. The van der Waals surface area contributed by atoms with Crippen LogP contribution in [0.25, 0.3) is 10.9 Å². The molecule has 1 aromatic heterocycles. The maximum atomic E-state index is 9.78. The highest BCUT2D eigenvalue weighted by Gasteiger charge is 2.12. The summed E-state index contributed by atoms with van der Waals surface area (Å²) in [6.07, 6.45) is 2.12. The van der Waals surface area contributed by atoms with E-state index in [2.05, 4.69) is 24.6 Å². The molecule has 0 aliphatic heterocycles. The van der Waals surface area contributed by atoms with Crippen molar-refractivity contribution in [3.63, 3.8) is 0 Å². The highest BCUT2D eigenvalue weighted by Crippen LogP contribution is 2.29. The maximum absolute atomic E-state index is 9.78. The van der Waals surface area contributed by atoms with Crippen LogP contribution in [0.3, 0.4) is 0 Å². The number of hydrogen-bond acceptors (Lipinski definition) is 2. The molecule has 3 nitrogen and oxygen atoms in total. The monoisotopic (exact) mass is 295 g/mol. The fourth-order valence-electron chi connectivity index (χ4n) is 2.73. The van der Waals surface area contributed by atoms with Gasteiger partial charge in [-0.1, -0.05) is 18.2 Å². The summed E-state index contributed by atoms with van der Waals surface area (Å²) in [6.45, 7) is 6.83. The van der Waals surface area contributed by atoms with Crippen LogP contribution in [-0.4, -0.2) is 9.67 Å². The Morgan fingerprint density at radius 2 is 1.91 bits per heavy atom. The quantitative estimate of drug-likeness (QED) is 0.749. The van der Waals surface area contributed by atoms with Gasteiger partial charge in [-0.25, -0.2) is 0 Å². The highest BCUT2D eigenvalue weighted by molar-refractivity contribution is 5.85. The molecule has 0 saturated carbocycles. The van der Waals surface area contributed by atoms with E-state index in [0.717, 1.165) is 27.8 Å². The first kappa shape index (κ1) is 14.5. The number of aromatic hydroxyl groups is 1. The van der Waals surface area contributed by atoms with E-state index in [0.29, 0.717) is 12.6 Å². The molecule has 0 bridgehead atoms. The molecule has 3 heteroatoms. The van der Waals surface area contributed by atoms with E-state index in [-0.39, 0.29) is 5.75 Å². The Balaban J connectivity index is 1.96. The highest BCUT2D eigenvalue weighted by atomic mass is 16.5. The van der Waals surface area contributed by atoms with E-state index in [1.54, 1.807) is 6.07 Å². The maximum Gasteiger partial charge on any atom is 0.122 e. The molecular formula is C19H21NO2. The molecule has 2 aromatic carbocycles. The van der Waals surface area contributed by atoms with Crippen LogP contribution >= 0.6 is 0 Å². The summed E-state index contributed by atoms with van der Waals surface area (Å²) in [5.74, 6) is 1.18. The normalized spacial score (nSPS) is 11.3. The Bertz CT molecular complexity index is 802. The van der Waals surface area contributed by atoms with Crippen molar-refractivity contribution in [2.75, 3.05) is 0 Å². The summed E-state index contributed by atoms with van der Waals surface area (Å²) in [5.41, 5.74) is 3.33. The van der Waals surface area contributed by atoms with Gasteiger partial charge in [0.05, 0.1) is 0 Å². The second kappa shape index (κ2) is 5.76. The molecule has 114 valence electrons. The number of benzene rings is 2. The summed E-state index contributed by atoms with van der Waals surface area (Å²) in [5, 5.41) is 10.8. The molecular weight excluding hydrogens is 274 g/mol. The molecule has 3 rings (SSSR count). The number of para-hydroxylation sites is 1. The Kier molecular flexibility index (Phi) is 3.80. The van der Waals surface area contributed by atoms with Crippen molar-refractivity contribution >= 4 is 10.9 Å². The van der Waals surface area contributed by atoms with Crippen LogP contribution in [0.4, 0.5) is 0 Å². The van der Waals surface area contributed by atoms with Crippen LogP contribution in [0.2, 0.25) is 0 Å². The lowest BCUT2D eigenvalue weighted by Crippen LogP contribution is -1.99. The van der Waals surface area contributed by atoms with E-state index in [1.807, 2.05) is 43.3 Å². The summed E-state index contributed by atoms with van der Waals surface area (Å²) in [6, 6.07) is 13.9. The summed E-state index contributed by atoms with van der Waals surface area (Å²) >= 11 is 0. The average Bonchev–Trinajstić information content (AvgIpc) is 2.84. The summed E-state index contributed by atoms with van der Waals surface area (Å²) in [7, 11) is 0. The summed E-state index contributed by atoms with van der Waals surface area (Å²) < 4.78 is 8.18. The molecule has 0 aliphatic carbocycles. The molecule has 0 radical (unpaired) electrons. The average molecular weight is 295 g/mol. The number of phenols is 1. The molecule has 0 saturated heterocycles. The zero-order chi connectivity index (χ0) is 15.7. The lowest BCUT2D eigenvalue weighted by molar-refractivity contribution is 0.305. The van der Waals surface area contributed by atoms with Crippen molar-refractivity contribution in [1.29, 1.82) is 0 Å². The van der Waals surface area contributed by atoms with Gasteiger partial charge in [0.15, 0.2) is 0 Å². The third-order valence-electron chi connectivity index (χ3n) is 3.93. The second-order valence-corrected chi connectivity index (χ2v) is 5.91. The number of nitrogens with zero attached hydrogens (tertiary/aromatic N) is 1. The first-order valence-corrected chi connectivity index (χ1v) is 7.57. The van der Waals surface area contributed by atoms with Crippen LogP contribution in [-0.2, 0) is 6.61 Å². The SMILES string of the molecule is Cc1ccccc1OCc1cn(C(C)C)c2ccc(O)cc12. The lowest BCUT2D eigenvalue weighted by Gasteiger charge is -2.09. The van der Waals surface area contributed by atoms with E-state index in [4.69, 9.17) is 4.74 Å². The van der Waals surface area contributed by atoms with E-state index in [1.165, 1.54) is 0 Å². The number of hydrogen-bond donors (Lipinski definition) is 1. The third-order valence-corrected chi connectivity index (χ3v) is 3.93. The Morgan fingerprint density at radius 3 is 2.64 bits per heavy atom. The Labute approximate surface area is 130 Å². The molecule has 0 fully saturated rings. The van der Waals surface area contributed by atoms with Crippen LogP contribution < -0.4 is 4.74 Å². The van der Waals surface area contributed by atoms with Gasteiger partial charge in [-0.2, -0.15) is 0 Å². The van der Waals surface area contributed by atoms with E-state index >= 15 is 0 Å². The molecule has 0 aliphatic rings. The fraction of sp³-hybridized carbons (Fsp3) is 0.263. The standard InChI is InChI=1S/C19H21NO2/c1-13(2)20-11-15(17-10-16(21)8-9-18(17)20)12-22-19-7-5-4-6-14(19)3/h4-11,13,21H,12H2,1-3H3. The van der Waals surface area contributed by atoms with Crippen LogP contribution in [0.15, 0.2) is 48.7 Å². The third kappa shape index (κ3) is 2.67. The fourth-order valence-corrected chi connectivity index (χ4v) is 2.73. The van der Waals surface area contributed by atoms with Crippen molar-refractivity contribution in [1.82, 2.24) is 4.57 Å². The van der Waals surface area contributed by atoms with Gasteiger partial charge in [0.1, 0.15) is 18.1 Å². The van der Waals surface area contributed by atoms with Crippen LogP contribution in [0, 0.1) is 6.92 Å². The van der Waals surface area contributed by atoms with Crippen molar-refractivity contribution < 1.29 is 9.84 Å². The largest absolute Gasteiger partial charge is 0.508 e. The van der Waals surface area contributed by atoms with Gasteiger partial charge >= 0.3 is 0 Å². The number of aromatic nitrogens is 1. The van der Waals surface area contributed by atoms with Crippen molar-refractivity contribution in [3.05, 3.63) is 59.8 Å². The minimum absolute atomic E-state index is 0.283. The summed E-state index contributed by atoms with van der Waals surface area (Å²) in [4.78, 5) is 0. The number of rotatable bonds is 4. The van der Waals surface area contributed by atoms with Gasteiger partial charge in [-0.05, 0) is 50.6 Å². The topological polar surface area (TPSA) is 34.4 Å². The Hall–Kier alpha value is -2.42. The van der Waals surface area contributed by atoms with Crippen molar-refractivity contribution in [2.24, 2.45) is 0 Å². The minimum Gasteiger partial charge on any atom is -0.508 e. The van der Waals surface area contributed by atoms with Gasteiger partial charge in [0.25, 0.3) is 0 Å². The first-order chi connectivity index (χ1) is 10.6. The zero-order valence-corrected chi connectivity index (χ0v) is 13.2. The first-order valence-electron chi connectivity index (χ1n) is 7.57. The predicted molar refractivity (Wildman–Crippen MR) is 89.5 cm³/mol. The van der Waals surface area contributed by atoms with E-state index in [9.17, 15) is 5.11 Å². The molecule has 0 atom stereocenters. The lowest BCUT2D eigenvalue weighted by atomic mass is 10.1. The van der Waals surface area contributed by atoms with Crippen molar-refractivity contribution in [3.8, 4) is 11.5 Å². The zero-order valence-electron chi connectivity index (χ0n) is 13.2. The predicted octanol–water partition coefficient (Wildman–Crippen LogP) is 4.82. The Morgan fingerprint density at radius 1 is 1.14 bits per heavy atom. The van der Waals surface area contributed by atoms with Gasteiger partial charge in [0.2, 0.25) is 0 Å². The molecule has 3 aromatic rings. The number of ether oxygens (including phenoxy) is 1. The van der Waals surface area contributed by atoms with Crippen molar-refractivity contribution in [2.45, 2.75) is 33.4 Å². The number of aryl methyl sites for hydroxylation is 1. The number of fused-ring (bicyclic) bond motifs is 1. The molecule has 22 heavy (non-hydrogen) atoms. The van der Waals surface area contributed by atoms with E-state index < -0.39 is 0 Å². The molecule has 1 N–H and O–H groups in total. The number of phenolic OH excluding ortho intramolecular Hbond substituents is 1. The molecule has 1 heterocycles. The van der Waals surface area contributed by atoms with Gasteiger partial charge in [-0.3, -0.25) is 0 Å². The molecule has 0 spiro atoms. The van der Waals surface area contributed by atoms with Crippen LogP contribution in [0.1, 0.15) is 31.0 Å². The second-order valence-electron chi connectivity index (χ2n) is 5.91. The van der Waals surface area contributed by atoms with Crippen LogP contribution in [0.5, 0.6) is 11.5 Å². The smallest absolute Gasteiger partial charge is 0.122 e. The molecule has 0 unspecified atom stereocenters. The van der Waals surface area contributed by atoms with Gasteiger partial charge in [0, 0.05) is 28.7 Å². The van der Waals surface area contributed by atoms with Gasteiger partial charge in [-0.15, -0.1) is 0 Å². The molecule has 0 amide bonds.